The highest BCUT2D eigenvalue weighted by molar-refractivity contribution is 7.13. The Balaban J connectivity index is 1.59. The molecule has 0 radical (unpaired) electrons. The van der Waals surface area contributed by atoms with Crippen LogP contribution in [0.5, 0.6) is 0 Å². The topological polar surface area (TPSA) is 45.7 Å². The predicted molar refractivity (Wildman–Crippen MR) is 74.6 cm³/mol. The third-order valence-electron chi connectivity index (χ3n) is 3.78. The Labute approximate surface area is 117 Å². The van der Waals surface area contributed by atoms with Crippen molar-refractivity contribution in [2.24, 2.45) is 0 Å². The molecular weight excluding hydrogens is 262 g/mol. The minimum atomic E-state index is -0.0500. The molecule has 104 valence electrons. The lowest BCUT2D eigenvalue weighted by Gasteiger charge is -2.36. The third kappa shape index (κ3) is 2.60. The Morgan fingerprint density at radius 2 is 2.11 bits per heavy atom. The third-order valence-corrected chi connectivity index (χ3v) is 4.80. The zero-order valence-electron chi connectivity index (χ0n) is 11.3. The average molecular weight is 281 g/mol. The lowest BCUT2D eigenvalue weighted by atomic mass is 10.1. The molecule has 0 aliphatic carbocycles. The number of nitrogens with zero attached hydrogens (tertiary/aromatic N) is 3. The molecule has 2 aliphatic rings. The van der Waals surface area contributed by atoms with Crippen molar-refractivity contribution >= 4 is 22.4 Å². The van der Waals surface area contributed by atoms with E-state index in [2.05, 4.69) is 20.2 Å². The fraction of sp³-hybridized carbons (Fsp3) is 0.692. The second kappa shape index (κ2) is 5.09. The Hall–Kier alpha value is -1.14. The minimum absolute atomic E-state index is 0.0322. The van der Waals surface area contributed by atoms with Crippen molar-refractivity contribution in [2.75, 3.05) is 31.1 Å². The molecular formula is C13H19N3O2S. The Morgan fingerprint density at radius 1 is 1.37 bits per heavy atom. The van der Waals surface area contributed by atoms with Crippen LogP contribution in [0, 0.1) is 6.92 Å². The molecule has 5 nitrogen and oxygen atoms in total. The van der Waals surface area contributed by atoms with Crippen LogP contribution in [0.3, 0.4) is 0 Å². The number of hydrogen-bond donors (Lipinski definition) is 0. The number of aromatic nitrogens is 1. The van der Waals surface area contributed by atoms with E-state index in [4.69, 9.17) is 4.74 Å². The average Bonchev–Trinajstić information content (AvgIpc) is 2.96. The fourth-order valence-corrected chi connectivity index (χ4v) is 3.60. The second-order valence-electron chi connectivity index (χ2n) is 5.29. The molecule has 0 amide bonds. The van der Waals surface area contributed by atoms with Crippen LogP contribution in [-0.2, 0) is 9.53 Å². The quantitative estimate of drug-likeness (QED) is 0.764. The molecule has 2 fully saturated rings. The van der Waals surface area contributed by atoms with Gasteiger partial charge >= 0.3 is 5.97 Å². The van der Waals surface area contributed by atoms with Gasteiger partial charge in [0.2, 0.25) is 0 Å². The van der Waals surface area contributed by atoms with E-state index in [-0.39, 0.29) is 18.1 Å². The summed E-state index contributed by atoms with van der Waals surface area (Å²) < 4.78 is 5.24. The fourth-order valence-electron chi connectivity index (χ4n) is 2.75. The van der Waals surface area contributed by atoms with E-state index in [1.807, 2.05) is 13.8 Å². The maximum absolute atomic E-state index is 11.8. The monoisotopic (exact) mass is 281 g/mol. The molecule has 6 heteroatoms. The summed E-state index contributed by atoms with van der Waals surface area (Å²) in [5, 5.41) is 3.18. The lowest BCUT2D eigenvalue weighted by molar-refractivity contribution is -0.144. The smallest absolute Gasteiger partial charge is 0.323 e. The van der Waals surface area contributed by atoms with Crippen LogP contribution in [0.25, 0.3) is 0 Å². The molecule has 0 spiro atoms. The van der Waals surface area contributed by atoms with Gasteiger partial charge in [-0.05, 0) is 13.8 Å². The highest BCUT2D eigenvalue weighted by Gasteiger charge is 2.37. The Bertz CT molecular complexity index is 468. The number of ether oxygens (including phenoxy) is 1. The van der Waals surface area contributed by atoms with E-state index in [9.17, 15) is 4.79 Å². The molecule has 2 saturated heterocycles. The van der Waals surface area contributed by atoms with Gasteiger partial charge in [0.25, 0.3) is 0 Å². The van der Waals surface area contributed by atoms with Crippen LogP contribution in [0.15, 0.2) is 5.38 Å². The van der Waals surface area contributed by atoms with Crippen molar-refractivity contribution in [1.29, 1.82) is 0 Å². The molecule has 19 heavy (non-hydrogen) atoms. The van der Waals surface area contributed by atoms with Crippen LogP contribution in [0.4, 0.5) is 5.13 Å². The largest absolute Gasteiger partial charge is 0.461 e. The summed E-state index contributed by atoms with van der Waals surface area (Å²) in [7, 11) is 0. The minimum Gasteiger partial charge on any atom is -0.461 e. The first-order chi connectivity index (χ1) is 9.13. The number of thiazole rings is 1. The molecule has 1 aromatic rings. The molecule has 0 bridgehead atoms. The van der Waals surface area contributed by atoms with E-state index in [1.165, 1.54) is 0 Å². The molecule has 0 N–H and O–H groups in total. The van der Waals surface area contributed by atoms with Crippen molar-refractivity contribution in [2.45, 2.75) is 32.4 Å². The first-order valence-corrected chi connectivity index (χ1v) is 7.63. The number of anilines is 1. The highest BCUT2D eigenvalue weighted by Crippen LogP contribution is 2.24. The van der Waals surface area contributed by atoms with Gasteiger partial charge in [0.05, 0.1) is 5.69 Å². The maximum Gasteiger partial charge on any atom is 0.323 e. The van der Waals surface area contributed by atoms with E-state index in [1.54, 1.807) is 11.3 Å². The van der Waals surface area contributed by atoms with Crippen molar-refractivity contribution in [3.8, 4) is 0 Å². The number of rotatable bonds is 2. The Kier molecular flexibility index (Phi) is 3.45. The normalized spacial score (nSPS) is 28.7. The molecule has 1 aromatic heterocycles. The molecule has 0 aromatic carbocycles. The molecule has 0 unspecified atom stereocenters. The van der Waals surface area contributed by atoms with E-state index >= 15 is 0 Å². The standard InChI is InChI=1S/C13H19N3O2S/c1-9-8-19-13(14-9)16-5-3-15(4-6-16)11-7-10(2)18-12(11)17/h8,10-11H,3-7H2,1-2H3/t10-,11+/m1/s1. The van der Waals surface area contributed by atoms with Crippen molar-refractivity contribution in [3.05, 3.63) is 11.1 Å². The molecule has 3 rings (SSSR count). The van der Waals surface area contributed by atoms with Crippen LogP contribution in [-0.4, -0.2) is 54.2 Å². The summed E-state index contributed by atoms with van der Waals surface area (Å²) in [4.78, 5) is 20.8. The Morgan fingerprint density at radius 3 is 2.63 bits per heavy atom. The van der Waals surface area contributed by atoms with E-state index < -0.39 is 0 Å². The highest BCUT2D eigenvalue weighted by atomic mass is 32.1. The summed E-state index contributed by atoms with van der Waals surface area (Å²) in [6, 6.07) is -0.0322. The summed E-state index contributed by atoms with van der Waals surface area (Å²) in [5.74, 6) is -0.0500. The molecule has 3 heterocycles. The number of hydrogen-bond acceptors (Lipinski definition) is 6. The van der Waals surface area contributed by atoms with Gasteiger partial charge in [-0.1, -0.05) is 0 Å². The van der Waals surface area contributed by atoms with Crippen LogP contribution >= 0.6 is 11.3 Å². The molecule has 0 saturated carbocycles. The number of carbonyl (C=O) groups is 1. The van der Waals surface area contributed by atoms with Gasteiger partial charge in [-0.2, -0.15) is 0 Å². The van der Waals surface area contributed by atoms with Crippen LogP contribution in [0.2, 0.25) is 0 Å². The molecule has 2 aliphatic heterocycles. The number of carbonyl (C=O) groups excluding carboxylic acids is 1. The van der Waals surface area contributed by atoms with Crippen molar-refractivity contribution in [3.63, 3.8) is 0 Å². The first-order valence-electron chi connectivity index (χ1n) is 6.75. The molecule has 2 atom stereocenters. The van der Waals surface area contributed by atoms with Gasteiger partial charge in [0, 0.05) is 38.0 Å². The van der Waals surface area contributed by atoms with Crippen molar-refractivity contribution in [1.82, 2.24) is 9.88 Å². The van der Waals surface area contributed by atoms with Gasteiger partial charge in [-0.15, -0.1) is 11.3 Å². The van der Waals surface area contributed by atoms with Gasteiger partial charge < -0.3 is 9.64 Å². The zero-order chi connectivity index (χ0) is 13.4. The number of aryl methyl sites for hydroxylation is 1. The maximum atomic E-state index is 11.8. The van der Waals surface area contributed by atoms with Crippen molar-refractivity contribution < 1.29 is 9.53 Å². The van der Waals surface area contributed by atoms with Gasteiger partial charge in [0.1, 0.15) is 12.1 Å². The number of cyclic esters (lactones) is 1. The summed E-state index contributed by atoms with van der Waals surface area (Å²) in [5.41, 5.74) is 1.08. The number of esters is 1. The van der Waals surface area contributed by atoms with Crippen LogP contribution < -0.4 is 4.90 Å². The number of piperazine rings is 1. The van der Waals surface area contributed by atoms with Crippen LogP contribution in [0.1, 0.15) is 19.0 Å². The summed E-state index contributed by atoms with van der Waals surface area (Å²) in [6.07, 6.45) is 0.895. The predicted octanol–water partition coefficient (Wildman–Crippen LogP) is 1.28. The SMILES string of the molecule is Cc1csc(N2CCN([C@H]3C[C@@H](C)OC3=O)CC2)n1. The second-order valence-corrected chi connectivity index (χ2v) is 6.13. The van der Waals surface area contributed by atoms with E-state index in [0.29, 0.717) is 0 Å². The lowest BCUT2D eigenvalue weighted by Crippen LogP contribution is -2.51. The van der Waals surface area contributed by atoms with Gasteiger partial charge in [-0.25, -0.2) is 4.98 Å². The first kappa shape index (κ1) is 12.9. The van der Waals surface area contributed by atoms with E-state index in [0.717, 1.165) is 43.4 Å². The summed E-state index contributed by atoms with van der Waals surface area (Å²) in [6.45, 7) is 7.67. The zero-order valence-corrected chi connectivity index (χ0v) is 12.2. The van der Waals surface area contributed by atoms with Gasteiger partial charge in [0.15, 0.2) is 5.13 Å². The summed E-state index contributed by atoms with van der Waals surface area (Å²) >= 11 is 1.70. The van der Waals surface area contributed by atoms with Gasteiger partial charge in [-0.3, -0.25) is 9.69 Å².